The highest BCUT2D eigenvalue weighted by Crippen LogP contribution is 2.44. The van der Waals surface area contributed by atoms with E-state index in [1.165, 1.54) is 44.4 Å². The monoisotopic (exact) mass is 276 g/mol. The Morgan fingerprint density at radius 2 is 1.85 bits per heavy atom. The van der Waals surface area contributed by atoms with Crippen molar-refractivity contribution in [3.8, 4) is 0 Å². The summed E-state index contributed by atoms with van der Waals surface area (Å²) in [5, 5.41) is 0. The van der Waals surface area contributed by atoms with Gasteiger partial charge in [0.25, 0.3) is 5.91 Å². The van der Waals surface area contributed by atoms with Gasteiger partial charge in [-0.05, 0) is 43.2 Å². The Labute approximate surface area is 119 Å². The van der Waals surface area contributed by atoms with E-state index >= 15 is 0 Å². The van der Waals surface area contributed by atoms with E-state index in [0.29, 0.717) is 5.41 Å². The third-order valence-electron chi connectivity index (χ3n) is 5.02. The maximum atomic E-state index is 13.6. The molecule has 0 N–H and O–H groups in total. The maximum Gasteiger partial charge on any atom is 0.258 e. The van der Waals surface area contributed by atoms with Crippen LogP contribution in [0.25, 0.3) is 0 Å². The number of carbonyl (C=O) groups excluding carboxylic acids is 1. The molecule has 20 heavy (non-hydrogen) atoms. The van der Waals surface area contributed by atoms with Gasteiger partial charge in [-0.3, -0.25) is 4.79 Å². The zero-order chi connectivity index (χ0) is 14.0. The highest BCUT2D eigenvalue weighted by molar-refractivity contribution is 5.94. The van der Waals surface area contributed by atoms with Crippen molar-refractivity contribution in [2.75, 3.05) is 13.1 Å². The van der Waals surface area contributed by atoms with Gasteiger partial charge in [0.05, 0.1) is 5.56 Å². The number of aromatic nitrogens is 1. The fraction of sp³-hybridized carbons (Fsp3) is 0.625. The van der Waals surface area contributed by atoms with Gasteiger partial charge < -0.3 is 4.90 Å². The van der Waals surface area contributed by atoms with Crippen molar-refractivity contribution in [3.05, 3.63) is 29.8 Å². The summed E-state index contributed by atoms with van der Waals surface area (Å²) in [5.41, 5.74) is 0.565. The lowest BCUT2D eigenvalue weighted by molar-refractivity contribution is 0.0467. The normalized spacial score (nSPS) is 21.9. The maximum absolute atomic E-state index is 13.6. The molecule has 1 saturated carbocycles. The molecule has 1 aliphatic heterocycles. The molecule has 3 rings (SSSR count). The van der Waals surface area contributed by atoms with Crippen LogP contribution in [0, 0.1) is 11.4 Å². The first-order valence-electron chi connectivity index (χ1n) is 7.60. The molecule has 0 aromatic carbocycles. The van der Waals surface area contributed by atoms with E-state index in [-0.39, 0.29) is 11.5 Å². The van der Waals surface area contributed by atoms with E-state index in [1.54, 1.807) is 11.0 Å². The first-order chi connectivity index (χ1) is 9.70. The molecule has 1 amide bonds. The summed E-state index contributed by atoms with van der Waals surface area (Å²) in [6.07, 6.45) is 10.1. The Kier molecular flexibility index (Phi) is 3.72. The van der Waals surface area contributed by atoms with Crippen LogP contribution in [0.5, 0.6) is 0 Å². The number of hydrogen-bond acceptors (Lipinski definition) is 2. The van der Waals surface area contributed by atoms with E-state index in [4.69, 9.17) is 0 Å². The van der Waals surface area contributed by atoms with Crippen molar-refractivity contribution < 1.29 is 9.18 Å². The molecule has 1 saturated heterocycles. The summed E-state index contributed by atoms with van der Waals surface area (Å²) in [7, 11) is 0. The number of likely N-dealkylation sites (tertiary alicyclic amines) is 1. The Hall–Kier alpha value is -1.45. The fourth-order valence-electron chi connectivity index (χ4n) is 3.70. The number of pyridine rings is 1. The van der Waals surface area contributed by atoms with Gasteiger partial charge in [-0.1, -0.05) is 19.3 Å². The molecule has 4 heteroatoms. The predicted molar refractivity (Wildman–Crippen MR) is 74.9 cm³/mol. The highest BCUT2D eigenvalue weighted by Gasteiger charge is 2.37. The minimum atomic E-state index is -0.657. The lowest BCUT2D eigenvalue weighted by Crippen LogP contribution is -2.44. The van der Waals surface area contributed by atoms with Gasteiger partial charge >= 0.3 is 0 Å². The Morgan fingerprint density at radius 1 is 1.15 bits per heavy atom. The highest BCUT2D eigenvalue weighted by atomic mass is 19.1. The van der Waals surface area contributed by atoms with E-state index in [2.05, 4.69) is 4.98 Å². The Morgan fingerprint density at radius 3 is 2.50 bits per heavy atom. The van der Waals surface area contributed by atoms with Gasteiger partial charge in [0.2, 0.25) is 5.95 Å². The van der Waals surface area contributed by atoms with Crippen molar-refractivity contribution in [2.45, 2.75) is 44.9 Å². The second kappa shape index (κ2) is 5.51. The molecular weight excluding hydrogens is 255 g/mol. The average Bonchev–Trinajstić information content (AvgIpc) is 2.49. The number of amides is 1. The number of rotatable bonds is 1. The first kappa shape index (κ1) is 13.5. The van der Waals surface area contributed by atoms with Crippen molar-refractivity contribution in [1.29, 1.82) is 0 Å². The van der Waals surface area contributed by atoms with Gasteiger partial charge in [0, 0.05) is 19.3 Å². The number of nitrogens with zero attached hydrogens (tertiary/aromatic N) is 2. The molecular formula is C16H21FN2O. The van der Waals surface area contributed by atoms with Crippen LogP contribution in [0.15, 0.2) is 18.3 Å². The molecule has 0 atom stereocenters. The quantitative estimate of drug-likeness (QED) is 0.736. The second-order valence-corrected chi connectivity index (χ2v) is 6.19. The lowest BCUT2D eigenvalue weighted by atomic mass is 9.68. The van der Waals surface area contributed by atoms with Gasteiger partial charge in [-0.2, -0.15) is 4.39 Å². The number of hydrogen-bond donors (Lipinski definition) is 0. The van der Waals surface area contributed by atoms with Gasteiger partial charge in [0.1, 0.15) is 0 Å². The number of piperidine rings is 1. The smallest absolute Gasteiger partial charge is 0.258 e. The summed E-state index contributed by atoms with van der Waals surface area (Å²) in [4.78, 5) is 17.7. The lowest BCUT2D eigenvalue weighted by Gasteiger charge is -2.44. The topological polar surface area (TPSA) is 33.2 Å². The van der Waals surface area contributed by atoms with Crippen molar-refractivity contribution in [1.82, 2.24) is 9.88 Å². The predicted octanol–water partition coefficient (Wildman–Crippen LogP) is 3.41. The summed E-state index contributed by atoms with van der Waals surface area (Å²) in [6.45, 7) is 1.51. The van der Waals surface area contributed by atoms with Crippen molar-refractivity contribution in [3.63, 3.8) is 0 Å². The molecule has 1 aliphatic carbocycles. The van der Waals surface area contributed by atoms with Crippen LogP contribution >= 0.6 is 0 Å². The minimum Gasteiger partial charge on any atom is -0.338 e. The molecule has 0 bridgehead atoms. The third kappa shape index (κ3) is 2.56. The molecule has 2 heterocycles. The summed E-state index contributed by atoms with van der Waals surface area (Å²) in [6, 6.07) is 3.14. The first-order valence-corrected chi connectivity index (χ1v) is 7.60. The van der Waals surface area contributed by atoms with E-state index < -0.39 is 5.95 Å². The molecule has 1 aromatic rings. The van der Waals surface area contributed by atoms with Crippen molar-refractivity contribution >= 4 is 5.91 Å². The van der Waals surface area contributed by atoms with E-state index in [0.717, 1.165) is 25.9 Å². The summed E-state index contributed by atoms with van der Waals surface area (Å²) < 4.78 is 13.6. The second-order valence-electron chi connectivity index (χ2n) is 6.19. The third-order valence-corrected chi connectivity index (χ3v) is 5.02. The minimum absolute atomic E-state index is 0.104. The number of carbonyl (C=O) groups is 1. The molecule has 0 radical (unpaired) electrons. The zero-order valence-electron chi connectivity index (χ0n) is 11.8. The van der Waals surface area contributed by atoms with Crippen LogP contribution in [-0.4, -0.2) is 28.9 Å². The molecule has 1 spiro atoms. The zero-order valence-corrected chi connectivity index (χ0v) is 11.8. The van der Waals surface area contributed by atoms with Gasteiger partial charge in [0.15, 0.2) is 0 Å². The largest absolute Gasteiger partial charge is 0.338 e. The molecule has 108 valence electrons. The number of halogens is 1. The molecule has 1 aromatic heterocycles. The van der Waals surface area contributed by atoms with E-state index in [9.17, 15) is 9.18 Å². The van der Waals surface area contributed by atoms with Gasteiger partial charge in [-0.15, -0.1) is 0 Å². The fourth-order valence-corrected chi connectivity index (χ4v) is 3.70. The summed E-state index contributed by atoms with van der Waals surface area (Å²) in [5.74, 6) is -0.864. The van der Waals surface area contributed by atoms with Crippen LogP contribution in [0.2, 0.25) is 0 Å². The van der Waals surface area contributed by atoms with Crippen LogP contribution in [0.4, 0.5) is 4.39 Å². The molecule has 2 aliphatic rings. The molecule has 3 nitrogen and oxygen atoms in total. The molecule has 2 fully saturated rings. The Balaban J connectivity index is 1.66. The van der Waals surface area contributed by atoms with Gasteiger partial charge in [-0.25, -0.2) is 4.98 Å². The van der Waals surface area contributed by atoms with Crippen LogP contribution in [0.1, 0.15) is 55.3 Å². The van der Waals surface area contributed by atoms with E-state index in [1.807, 2.05) is 0 Å². The van der Waals surface area contributed by atoms with Crippen molar-refractivity contribution in [2.24, 2.45) is 5.41 Å². The molecule has 0 unspecified atom stereocenters. The van der Waals surface area contributed by atoms with Crippen LogP contribution in [-0.2, 0) is 0 Å². The standard InChI is InChI=1S/C16H21FN2O/c17-14-13(5-4-10-18-14)15(20)19-11-8-16(9-12-19)6-2-1-3-7-16/h4-5,10H,1-3,6-9,11-12H2. The van der Waals surface area contributed by atoms with Crippen LogP contribution in [0.3, 0.4) is 0 Å². The Bertz CT molecular complexity index is 487. The summed E-state index contributed by atoms with van der Waals surface area (Å²) >= 11 is 0. The SMILES string of the molecule is O=C(c1cccnc1F)N1CCC2(CCCCC2)CC1. The average molecular weight is 276 g/mol. The van der Waals surface area contributed by atoms with Crippen LogP contribution < -0.4 is 0 Å².